The molecule has 0 bridgehead atoms. The van der Waals surface area contributed by atoms with E-state index in [4.69, 9.17) is 0 Å². The highest BCUT2D eigenvalue weighted by Gasteiger charge is 2.31. The molecule has 116 valence electrons. The van der Waals surface area contributed by atoms with Crippen LogP contribution in [0.2, 0.25) is 0 Å². The van der Waals surface area contributed by atoms with Crippen LogP contribution in [-0.2, 0) is 0 Å². The van der Waals surface area contributed by atoms with Crippen molar-refractivity contribution in [2.45, 2.75) is 58.0 Å². The second kappa shape index (κ2) is 6.35. The molecule has 1 aliphatic heterocycles. The maximum atomic E-state index is 13.6. The van der Waals surface area contributed by atoms with Crippen molar-refractivity contribution >= 4 is 5.69 Å². The van der Waals surface area contributed by atoms with Crippen molar-refractivity contribution < 1.29 is 4.39 Å². The van der Waals surface area contributed by atoms with Gasteiger partial charge in [0.1, 0.15) is 5.82 Å². The van der Waals surface area contributed by atoms with Crippen LogP contribution in [0.5, 0.6) is 0 Å². The summed E-state index contributed by atoms with van der Waals surface area (Å²) in [6.07, 6.45) is 6.84. The Morgan fingerprint density at radius 2 is 1.95 bits per heavy atom. The van der Waals surface area contributed by atoms with Crippen molar-refractivity contribution in [2.24, 2.45) is 5.92 Å². The fourth-order valence-electron chi connectivity index (χ4n) is 3.97. The predicted molar refractivity (Wildman–Crippen MR) is 86.3 cm³/mol. The summed E-state index contributed by atoms with van der Waals surface area (Å²) < 4.78 is 13.6. The van der Waals surface area contributed by atoms with E-state index >= 15 is 0 Å². The summed E-state index contributed by atoms with van der Waals surface area (Å²) >= 11 is 0. The number of benzene rings is 1. The molecule has 0 aromatic heterocycles. The SMILES string of the molecule is Cc1ccc(F)cc1N1CC(C2CCCCC2)NCC1C. The van der Waals surface area contributed by atoms with Crippen LogP contribution in [-0.4, -0.2) is 25.2 Å². The van der Waals surface area contributed by atoms with E-state index in [1.807, 2.05) is 6.07 Å². The smallest absolute Gasteiger partial charge is 0.125 e. The monoisotopic (exact) mass is 290 g/mol. The first-order chi connectivity index (χ1) is 10.1. The van der Waals surface area contributed by atoms with Gasteiger partial charge in [-0.2, -0.15) is 0 Å². The second-order valence-corrected chi connectivity index (χ2v) is 6.85. The molecule has 1 saturated heterocycles. The van der Waals surface area contributed by atoms with Gasteiger partial charge in [0, 0.05) is 30.9 Å². The van der Waals surface area contributed by atoms with Crippen molar-refractivity contribution in [2.75, 3.05) is 18.0 Å². The Morgan fingerprint density at radius 3 is 2.71 bits per heavy atom. The van der Waals surface area contributed by atoms with Crippen LogP contribution in [0.1, 0.15) is 44.6 Å². The number of nitrogens with zero attached hydrogens (tertiary/aromatic N) is 1. The van der Waals surface area contributed by atoms with E-state index in [2.05, 4.69) is 24.1 Å². The summed E-state index contributed by atoms with van der Waals surface area (Å²) in [5.74, 6) is 0.665. The van der Waals surface area contributed by atoms with Gasteiger partial charge in [-0.05, 0) is 50.3 Å². The van der Waals surface area contributed by atoms with E-state index in [0.717, 1.165) is 24.7 Å². The Balaban J connectivity index is 1.78. The van der Waals surface area contributed by atoms with Gasteiger partial charge < -0.3 is 10.2 Å². The number of hydrogen-bond donors (Lipinski definition) is 1. The molecule has 1 aliphatic carbocycles. The van der Waals surface area contributed by atoms with Crippen LogP contribution < -0.4 is 10.2 Å². The Bertz CT molecular complexity index is 482. The Labute approximate surface area is 127 Å². The normalized spacial score (nSPS) is 27.9. The highest BCUT2D eigenvalue weighted by Crippen LogP contribution is 2.31. The largest absolute Gasteiger partial charge is 0.366 e. The highest BCUT2D eigenvalue weighted by atomic mass is 19.1. The highest BCUT2D eigenvalue weighted by molar-refractivity contribution is 5.54. The average Bonchev–Trinajstić information content (AvgIpc) is 2.51. The third-order valence-electron chi connectivity index (χ3n) is 5.30. The topological polar surface area (TPSA) is 15.3 Å². The van der Waals surface area contributed by atoms with Crippen LogP contribution in [0.4, 0.5) is 10.1 Å². The van der Waals surface area contributed by atoms with Crippen molar-refractivity contribution in [1.29, 1.82) is 0 Å². The number of aryl methyl sites for hydroxylation is 1. The van der Waals surface area contributed by atoms with Gasteiger partial charge in [0.2, 0.25) is 0 Å². The minimum absolute atomic E-state index is 0.129. The number of halogens is 1. The van der Waals surface area contributed by atoms with Gasteiger partial charge >= 0.3 is 0 Å². The van der Waals surface area contributed by atoms with Gasteiger partial charge in [-0.1, -0.05) is 25.3 Å². The zero-order chi connectivity index (χ0) is 14.8. The number of hydrogen-bond acceptors (Lipinski definition) is 2. The van der Waals surface area contributed by atoms with Crippen LogP contribution >= 0.6 is 0 Å². The first kappa shape index (κ1) is 14.8. The van der Waals surface area contributed by atoms with Gasteiger partial charge in [-0.15, -0.1) is 0 Å². The molecule has 21 heavy (non-hydrogen) atoms. The standard InChI is InChI=1S/C18H27FN2/c1-13-8-9-16(19)10-18(13)21-12-17(20-11-14(21)2)15-6-4-3-5-7-15/h8-10,14-15,17,20H,3-7,11-12H2,1-2H3. The minimum atomic E-state index is -0.129. The van der Waals surface area contributed by atoms with Crippen molar-refractivity contribution in [3.05, 3.63) is 29.6 Å². The number of piperazine rings is 1. The van der Waals surface area contributed by atoms with E-state index in [1.54, 1.807) is 12.1 Å². The molecule has 0 amide bonds. The van der Waals surface area contributed by atoms with Gasteiger partial charge in [0.25, 0.3) is 0 Å². The summed E-state index contributed by atoms with van der Waals surface area (Å²) in [4.78, 5) is 2.41. The summed E-state index contributed by atoms with van der Waals surface area (Å²) in [6, 6.07) is 6.14. The molecule has 1 N–H and O–H groups in total. The molecule has 1 saturated carbocycles. The minimum Gasteiger partial charge on any atom is -0.366 e. The fraction of sp³-hybridized carbons (Fsp3) is 0.667. The lowest BCUT2D eigenvalue weighted by Gasteiger charge is -2.44. The summed E-state index contributed by atoms with van der Waals surface area (Å²) in [5, 5.41) is 3.74. The van der Waals surface area contributed by atoms with Gasteiger partial charge in [0.05, 0.1) is 0 Å². The average molecular weight is 290 g/mol. The summed E-state index contributed by atoms with van der Waals surface area (Å²) in [7, 11) is 0. The quantitative estimate of drug-likeness (QED) is 0.889. The summed E-state index contributed by atoms with van der Waals surface area (Å²) in [6.45, 7) is 6.32. The molecule has 1 heterocycles. The van der Waals surface area contributed by atoms with Crippen LogP contribution in [0.25, 0.3) is 0 Å². The molecule has 2 aliphatic rings. The lowest BCUT2D eigenvalue weighted by Crippen LogP contribution is -2.58. The van der Waals surface area contributed by atoms with Crippen LogP contribution in [0, 0.1) is 18.7 Å². The third-order valence-corrected chi connectivity index (χ3v) is 5.30. The van der Waals surface area contributed by atoms with Crippen molar-refractivity contribution in [1.82, 2.24) is 5.32 Å². The maximum Gasteiger partial charge on any atom is 0.125 e. The lowest BCUT2D eigenvalue weighted by atomic mass is 9.82. The molecule has 0 radical (unpaired) electrons. The number of rotatable bonds is 2. The van der Waals surface area contributed by atoms with E-state index in [-0.39, 0.29) is 5.82 Å². The Kier molecular flexibility index (Phi) is 4.48. The fourth-order valence-corrected chi connectivity index (χ4v) is 3.97. The Morgan fingerprint density at radius 1 is 1.19 bits per heavy atom. The molecule has 0 spiro atoms. The van der Waals surface area contributed by atoms with E-state index < -0.39 is 0 Å². The molecule has 2 fully saturated rings. The van der Waals surface area contributed by atoms with Crippen molar-refractivity contribution in [3.63, 3.8) is 0 Å². The first-order valence-electron chi connectivity index (χ1n) is 8.41. The maximum absolute atomic E-state index is 13.6. The zero-order valence-corrected chi connectivity index (χ0v) is 13.2. The molecular weight excluding hydrogens is 263 g/mol. The molecule has 2 unspecified atom stereocenters. The second-order valence-electron chi connectivity index (χ2n) is 6.85. The third kappa shape index (κ3) is 3.23. The molecule has 2 atom stereocenters. The molecule has 2 nitrogen and oxygen atoms in total. The Hall–Kier alpha value is -1.09. The van der Waals surface area contributed by atoms with E-state index in [9.17, 15) is 4.39 Å². The van der Waals surface area contributed by atoms with E-state index in [1.165, 1.54) is 37.7 Å². The van der Waals surface area contributed by atoms with Gasteiger partial charge in [0.15, 0.2) is 0 Å². The molecule has 3 heteroatoms. The van der Waals surface area contributed by atoms with Gasteiger partial charge in [-0.25, -0.2) is 4.39 Å². The van der Waals surface area contributed by atoms with Crippen LogP contribution in [0.15, 0.2) is 18.2 Å². The molecule has 1 aromatic carbocycles. The van der Waals surface area contributed by atoms with E-state index in [0.29, 0.717) is 12.1 Å². The van der Waals surface area contributed by atoms with Gasteiger partial charge in [-0.3, -0.25) is 0 Å². The molecule has 3 rings (SSSR count). The number of anilines is 1. The van der Waals surface area contributed by atoms with Crippen LogP contribution in [0.3, 0.4) is 0 Å². The molecular formula is C18H27FN2. The first-order valence-corrected chi connectivity index (χ1v) is 8.41. The van der Waals surface area contributed by atoms with Crippen molar-refractivity contribution in [3.8, 4) is 0 Å². The number of nitrogens with one attached hydrogen (secondary N) is 1. The lowest BCUT2D eigenvalue weighted by molar-refractivity contribution is 0.245. The predicted octanol–water partition coefficient (Wildman–Crippen LogP) is 3.88. The zero-order valence-electron chi connectivity index (χ0n) is 13.2. The summed E-state index contributed by atoms with van der Waals surface area (Å²) in [5.41, 5.74) is 2.25. The molecule has 1 aromatic rings.